The molecule has 2 nitrogen and oxygen atoms in total. The predicted molar refractivity (Wildman–Crippen MR) is 64.3 cm³/mol. The lowest BCUT2D eigenvalue weighted by atomic mass is 10.0. The second-order valence-corrected chi connectivity index (χ2v) is 3.94. The second-order valence-electron chi connectivity index (χ2n) is 3.94. The molecule has 1 rings (SSSR count). The highest BCUT2D eigenvalue weighted by Gasteiger charge is 2.02. The zero-order chi connectivity index (χ0) is 11.6. The molecule has 0 unspecified atom stereocenters. The molecule has 0 heterocycles. The minimum absolute atomic E-state index is 0.301. The van der Waals surface area contributed by atoms with Crippen LogP contribution in [-0.4, -0.2) is 12.1 Å². The van der Waals surface area contributed by atoms with Gasteiger partial charge in [0.15, 0.2) is 0 Å². The summed E-state index contributed by atoms with van der Waals surface area (Å²) >= 11 is 0. The van der Waals surface area contributed by atoms with Gasteiger partial charge in [0.2, 0.25) is 0 Å². The minimum Gasteiger partial charge on any atom is -0.303 e. The monoisotopic (exact) mass is 218 g/mol. The maximum atomic E-state index is 11.5. The van der Waals surface area contributed by atoms with Crippen LogP contribution < -0.4 is 0 Å². The molecule has 0 spiro atoms. The predicted octanol–water partition coefficient (Wildman–Crippen LogP) is 2.95. The van der Waals surface area contributed by atoms with E-state index in [1.54, 1.807) is 0 Å². The van der Waals surface area contributed by atoms with Crippen molar-refractivity contribution < 1.29 is 9.59 Å². The van der Waals surface area contributed by atoms with E-state index >= 15 is 0 Å². The largest absolute Gasteiger partial charge is 0.303 e. The zero-order valence-corrected chi connectivity index (χ0v) is 9.52. The van der Waals surface area contributed by atoms with E-state index in [4.69, 9.17) is 0 Å². The molecule has 1 aromatic rings. The van der Waals surface area contributed by atoms with Gasteiger partial charge in [0.25, 0.3) is 0 Å². The molecule has 0 aliphatic rings. The van der Waals surface area contributed by atoms with Crippen molar-refractivity contribution in [3.05, 3.63) is 35.9 Å². The van der Waals surface area contributed by atoms with Gasteiger partial charge >= 0.3 is 0 Å². The van der Waals surface area contributed by atoms with Gasteiger partial charge in [0, 0.05) is 19.3 Å². The van der Waals surface area contributed by atoms with Crippen LogP contribution in [0.4, 0.5) is 0 Å². The molecule has 0 saturated carbocycles. The molecule has 0 N–H and O–H groups in total. The van der Waals surface area contributed by atoms with Crippen molar-refractivity contribution in [1.82, 2.24) is 0 Å². The SMILES string of the molecule is O=CCCCCC(=O)CCc1ccccc1. The quantitative estimate of drug-likeness (QED) is 0.496. The molecule has 0 aromatic heterocycles. The van der Waals surface area contributed by atoms with E-state index in [-0.39, 0.29) is 0 Å². The van der Waals surface area contributed by atoms with Gasteiger partial charge < -0.3 is 4.79 Å². The van der Waals surface area contributed by atoms with Crippen LogP contribution in [0.3, 0.4) is 0 Å². The Morgan fingerprint density at radius 2 is 1.81 bits per heavy atom. The summed E-state index contributed by atoms with van der Waals surface area (Å²) < 4.78 is 0. The normalized spacial score (nSPS) is 10.0. The van der Waals surface area contributed by atoms with Crippen LogP contribution in [0, 0.1) is 0 Å². The highest BCUT2D eigenvalue weighted by Crippen LogP contribution is 2.06. The number of aryl methyl sites for hydroxylation is 1. The summed E-state index contributed by atoms with van der Waals surface area (Å²) in [5, 5.41) is 0. The molecule has 1 aromatic carbocycles. The molecular formula is C14H18O2. The number of aldehydes is 1. The van der Waals surface area contributed by atoms with Crippen molar-refractivity contribution in [2.24, 2.45) is 0 Å². The highest BCUT2D eigenvalue weighted by molar-refractivity contribution is 5.78. The van der Waals surface area contributed by atoms with Gasteiger partial charge in [-0.25, -0.2) is 0 Å². The van der Waals surface area contributed by atoms with Gasteiger partial charge in [-0.15, -0.1) is 0 Å². The Morgan fingerprint density at radius 1 is 1.06 bits per heavy atom. The summed E-state index contributed by atoms with van der Waals surface area (Å²) in [6.07, 6.45) is 5.21. The van der Waals surface area contributed by atoms with Crippen molar-refractivity contribution in [2.75, 3.05) is 0 Å². The summed E-state index contributed by atoms with van der Waals surface area (Å²) in [6, 6.07) is 10.0. The fourth-order valence-corrected chi connectivity index (χ4v) is 1.60. The Bertz CT molecular complexity index is 317. The van der Waals surface area contributed by atoms with Crippen LogP contribution in [0.25, 0.3) is 0 Å². The minimum atomic E-state index is 0.301. The fraction of sp³-hybridized carbons (Fsp3) is 0.429. The van der Waals surface area contributed by atoms with Gasteiger partial charge in [-0.05, 0) is 24.8 Å². The summed E-state index contributed by atoms with van der Waals surface area (Å²) in [5.41, 5.74) is 1.21. The fourth-order valence-electron chi connectivity index (χ4n) is 1.60. The summed E-state index contributed by atoms with van der Waals surface area (Å²) in [5.74, 6) is 0.301. The van der Waals surface area contributed by atoms with Crippen LogP contribution in [0.5, 0.6) is 0 Å². The van der Waals surface area contributed by atoms with E-state index in [2.05, 4.69) is 0 Å². The van der Waals surface area contributed by atoms with Crippen LogP contribution >= 0.6 is 0 Å². The molecule has 16 heavy (non-hydrogen) atoms. The molecule has 2 heteroatoms. The Balaban J connectivity index is 2.13. The van der Waals surface area contributed by atoms with E-state index < -0.39 is 0 Å². The first-order valence-electron chi connectivity index (χ1n) is 5.82. The molecule has 0 aliphatic heterocycles. The average Bonchev–Trinajstić information content (AvgIpc) is 2.33. The van der Waals surface area contributed by atoms with Crippen LogP contribution in [0.2, 0.25) is 0 Å². The third kappa shape index (κ3) is 5.44. The molecule has 0 bridgehead atoms. The lowest BCUT2D eigenvalue weighted by Gasteiger charge is -2.00. The number of hydrogen-bond acceptors (Lipinski definition) is 2. The topological polar surface area (TPSA) is 34.1 Å². The molecule has 0 atom stereocenters. The summed E-state index contributed by atoms with van der Waals surface area (Å²) in [6.45, 7) is 0. The number of unbranched alkanes of at least 4 members (excludes halogenated alkanes) is 2. The Labute approximate surface area is 96.7 Å². The number of rotatable bonds is 8. The summed E-state index contributed by atoms with van der Waals surface area (Å²) in [4.78, 5) is 21.6. The van der Waals surface area contributed by atoms with Crippen molar-refractivity contribution in [3.8, 4) is 0 Å². The first kappa shape index (κ1) is 12.6. The van der Waals surface area contributed by atoms with Gasteiger partial charge in [-0.1, -0.05) is 30.3 Å². The average molecular weight is 218 g/mol. The smallest absolute Gasteiger partial charge is 0.133 e. The zero-order valence-electron chi connectivity index (χ0n) is 9.52. The molecule has 0 radical (unpaired) electrons. The van der Waals surface area contributed by atoms with E-state index in [1.807, 2.05) is 30.3 Å². The molecule has 0 aliphatic carbocycles. The van der Waals surface area contributed by atoms with Gasteiger partial charge in [-0.2, -0.15) is 0 Å². The maximum absolute atomic E-state index is 11.5. The number of carbonyl (C=O) groups excluding carboxylic acids is 2. The first-order valence-corrected chi connectivity index (χ1v) is 5.82. The molecule has 0 amide bonds. The van der Waals surface area contributed by atoms with Crippen LogP contribution in [0.1, 0.15) is 37.7 Å². The van der Waals surface area contributed by atoms with E-state index in [0.717, 1.165) is 25.5 Å². The Hall–Kier alpha value is -1.44. The van der Waals surface area contributed by atoms with E-state index in [1.165, 1.54) is 5.56 Å². The van der Waals surface area contributed by atoms with E-state index in [0.29, 0.717) is 25.0 Å². The molecular weight excluding hydrogens is 200 g/mol. The summed E-state index contributed by atoms with van der Waals surface area (Å²) in [7, 11) is 0. The number of Topliss-reactive ketones (excluding diaryl/α,β-unsaturated/α-hetero) is 1. The second kappa shape index (κ2) is 7.80. The number of ketones is 1. The highest BCUT2D eigenvalue weighted by atomic mass is 16.1. The third-order valence-corrected chi connectivity index (χ3v) is 2.56. The van der Waals surface area contributed by atoms with Crippen molar-refractivity contribution in [1.29, 1.82) is 0 Å². The van der Waals surface area contributed by atoms with Crippen molar-refractivity contribution in [3.63, 3.8) is 0 Å². The number of hydrogen-bond donors (Lipinski definition) is 0. The first-order chi connectivity index (χ1) is 7.83. The Kier molecular flexibility index (Phi) is 6.16. The van der Waals surface area contributed by atoms with Gasteiger partial charge in [0.1, 0.15) is 12.1 Å². The number of carbonyl (C=O) groups is 2. The maximum Gasteiger partial charge on any atom is 0.133 e. The molecule has 0 saturated heterocycles. The Morgan fingerprint density at radius 3 is 2.50 bits per heavy atom. The third-order valence-electron chi connectivity index (χ3n) is 2.56. The molecule has 0 fully saturated rings. The standard InChI is InChI=1S/C14H18O2/c15-12-6-2-5-9-14(16)11-10-13-7-3-1-4-8-13/h1,3-4,7-8,12H,2,5-6,9-11H2. The lowest BCUT2D eigenvalue weighted by Crippen LogP contribution is -2.00. The molecule has 86 valence electrons. The number of benzene rings is 1. The lowest BCUT2D eigenvalue weighted by molar-refractivity contribution is -0.119. The van der Waals surface area contributed by atoms with Crippen LogP contribution in [-0.2, 0) is 16.0 Å². The van der Waals surface area contributed by atoms with Crippen LogP contribution in [0.15, 0.2) is 30.3 Å². The van der Waals surface area contributed by atoms with Gasteiger partial charge in [0.05, 0.1) is 0 Å². The van der Waals surface area contributed by atoms with Crippen molar-refractivity contribution in [2.45, 2.75) is 38.5 Å². The van der Waals surface area contributed by atoms with Crippen molar-refractivity contribution >= 4 is 12.1 Å². The van der Waals surface area contributed by atoms with E-state index in [9.17, 15) is 9.59 Å². The van der Waals surface area contributed by atoms with Gasteiger partial charge in [-0.3, -0.25) is 4.79 Å².